The minimum Gasteiger partial charge on any atom is -0.451 e. The van der Waals surface area contributed by atoms with Gasteiger partial charge in [0.15, 0.2) is 11.2 Å². The number of carbonyl (C=O) groups excluding carboxylic acids is 1. The van der Waals surface area contributed by atoms with Crippen LogP contribution in [0.3, 0.4) is 0 Å². The number of fused-ring (bicyclic) bond motifs is 1. The first-order chi connectivity index (χ1) is 10.1. The predicted molar refractivity (Wildman–Crippen MR) is 80.4 cm³/mol. The molecule has 0 spiro atoms. The summed E-state index contributed by atoms with van der Waals surface area (Å²) in [5.41, 5.74) is 0.245. The molecule has 2 aromatic rings. The van der Waals surface area contributed by atoms with Gasteiger partial charge in [-0.1, -0.05) is 12.1 Å². The van der Waals surface area contributed by atoms with Gasteiger partial charge in [-0.05, 0) is 38.4 Å². The summed E-state index contributed by atoms with van der Waals surface area (Å²) in [5, 5.41) is 6.77. The molecule has 1 amide bonds. The van der Waals surface area contributed by atoms with Crippen molar-refractivity contribution >= 4 is 16.9 Å². The molecule has 5 heteroatoms. The highest BCUT2D eigenvalue weighted by molar-refractivity contribution is 5.93. The van der Waals surface area contributed by atoms with Gasteiger partial charge >= 0.3 is 0 Å². The van der Waals surface area contributed by atoms with Crippen LogP contribution in [0.2, 0.25) is 0 Å². The van der Waals surface area contributed by atoms with Crippen LogP contribution in [0.1, 0.15) is 30.3 Å². The number of hydrogen-bond acceptors (Lipinski definition) is 4. The van der Waals surface area contributed by atoms with Crippen molar-refractivity contribution in [2.45, 2.75) is 31.8 Å². The molecule has 0 bridgehead atoms. The van der Waals surface area contributed by atoms with Crippen molar-refractivity contribution in [1.82, 2.24) is 10.6 Å². The quantitative estimate of drug-likeness (QED) is 0.881. The molecule has 1 aromatic heterocycles. The summed E-state index contributed by atoms with van der Waals surface area (Å²) >= 11 is 0. The van der Waals surface area contributed by atoms with Gasteiger partial charge in [0.1, 0.15) is 5.58 Å². The van der Waals surface area contributed by atoms with E-state index in [1.54, 1.807) is 24.3 Å². The van der Waals surface area contributed by atoms with Crippen LogP contribution in [0, 0.1) is 0 Å². The highest BCUT2D eigenvalue weighted by atomic mass is 16.3. The van der Waals surface area contributed by atoms with E-state index < -0.39 is 0 Å². The van der Waals surface area contributed by atoms with Crippen LogP contribution in [0.5, 0.6) is 0 Å². The topological polar surface area (TPSA) is 71.3 Å². The maximum absolute atomic E-state index is 12.3. The van der Waals surface area contributed by atoms with Gasteiger partial charge in [0.2, 0.25) is 0 Å². The third-order valence-electron chi connectivity index (χ3n) is 3.82. The number of para-hydroxylation sites is 1. The predicted octanol–water partition coefficient (Wildman–Crippen LogP) is 1.66. The number of amides is 1. The van der Waals surface area contributed by atoms with Gasteiger partial charge in [0.05, 0.1) is 5.39 Å². The summed E-state index contributed by atoms with van der Waals surface area (Å²) in [6, 6.07) is 8.70. The lowest BCUT2D eigenvalue weighted by Crippen LogP contribution is -2.46. The molecule has 1 aliphatic rings. The molecule has 1 saturated heterocycles. The van der Waals surface area contributed by atoms with Crippen molar-refractivity contribution in [1.29, 1.82) is 0 Å². The second-order valence-electron chi connectivity index (χ2n) is 5.52. The average Bonchev–Trinajstić information content (AvgIpc) is 2.47. The lowest BCUT2D eigenvalue weighted by Gasteiger charge is -2.28. The Labute approximate surface area is 122 Å². The largest absolute Gasteiger partial charge is 0.451 e. The van der Waals surface area contributed by atoms with E-state index in [9.17, 15) is 9.59 Å². The molecule has 3 rings (SSSR count). The van der Waals surface area contributed by atoms with Crippen molar-refractivity contribution in [3.8, 4) is 0 Å². The van der Waals surface area contributed by atoms with Crippen molar-refractivity contribution in [3.05, 3.63) is 46.3 Å². The van der Waals surface area contributed by atoms with Gasteiger partial charge in [0, 0.05) is 18.2 Å². The van der Waals surface area contributed by atoms with E-state index in [0.29, 0.717) is 17.0 Å². The zero-order chi connectivity index (χ0) is 14.8. The Balaban J connectivity index is 1.83. The molecule has 0 saturated carbocycles. The number of benzene rings is 1. The maximum Gasteiger partial charge on any atom is 0.287 e. The first kappa shape index (κ1) is 13.8. The fourth-order valence-electron chi connectivity index (χ4n) is 2.74. The second-order valence-corrected chi connectivity index (χ2v) is 5.52. The Hall–Kier alpha value is -2.14. The third-order valence-corrected chi connectivity index (χ3v) is 3.82. The molecule has 2 atom stereocenters. The molecule has 0 radical (unpaired) electrons. The molecule has 0 aliphatic carbocycles. The molecule has 2 N–H and O–H groups in total. The van der Waals surface area contributed by atoms with Crippen LogP contribution in [0.25, 0.3) is 11.0 Å². The smallest absolute Gasteiger partial charge is 0.287 e. The van der Waals surface area contributed by atoms with Gasteiger partial charge in [-0.25, -0.2) is 0 Å². The standard InChI is InChI=1S/C16H18N2O3/c1-10-8-11(6-7-17-10)18-16(20)15-9-13(19)12-4-2-3-5-14(12)21-15/h2-5,9-11,17H,6-8H2,1H3,(H,18,20). The van der Waals surface area contributed by atoms with Crippen LogP contribution in [0.15, 0.2) is 39.5 Å². The normalized spacial score (nSPS) is 22.1. The SMILES string of the molecule is CC1CC(NC(=O)c2cc(=O)c3ccccc3o2)CCN1. The van der Waals surface area contributed by atoms with Crippen LogP contribution in [0.4, 0.5) is 0 Å². The lowest BCUT2D eigenvalue weighted by molar-refractivity contribution is 0.0898. The monoisotopic (exact) mass is 286 g/mol. The fraction of sp³-hybridized carbons (Fsp3) is 0.375. The van der Waals surface area contributed by atoms with E-state index in [2.05, 4.69) is 17.6 Å². The number of piperidine rings is 1. The number of rotatable bonds is 2. The number of nitrogens with one attached hydrogen (secondary N) is 2. The first-order valence-corrected chi connectivity index (χ1v) is 7.20. The zero-order valence-corrected chi connectivity index (χ0v) is 11.9. The minimum atomic E-state index is -0.322. The molecule has 2 heterocycles. The first-order valence-electron chi connectivity index (χ1n) is 7.20. The zero-order valence-electron chi connectivity index (χ0n) is 11.9. The third kappa shape index (κ3) is 2.97. The van der Waals surface area contributed by atoms with E-state index in [1.807, 2.05) is 0 Å². The van der Waals surface area contributed by atoms with E-state index in [4.69, 9.17) is 4.42 Å². The summed E-state index contributed by atoms with van der Waals surface area (Å²) in [5.74, 6) is -0.248. The van der Waals surface area contributed by atoms with Crippen molar-refractivity contribution < 1.29 is 9.21 Å². The van der Waals surface area contributed by atoms with E-state index in [0.717, 1.165) is 19.4 Å². The Bertz CT molecular complexity index is 723. The Morgan fingerprint density at radius 2 is 2.19 bits per heavy atom. The molecule has 1 aliphatic heterocycles. The molecule has 2 unspecified atom stereocenters. The lowest BCUT2D eigenvalue weighted by atomic mass is 10.0. The molecule has 110 valence electrons. The van der Waals surface area contributed by atoms with E-state index in [1.165, 1.54) is 6.07 Å². The summed E-state index contributed by atoms with van der Waals surface area (Å²) < 4.78 is 5.55. The summed E-state index contributed by atoms with van der Waals surface area (Å²) in [4.78, 5) is 24.2. The van der Waals surface area contributed by atoms with Gasteiger partial charge in [-0.15, -0.1) is 0 Å². The van der Waals surface area contributed by atoms with Crippen LogP contribution in [-0.4, -0.2) is 24.5 Å². The molecule has 21 heavy (non-hydrogen) atoms. The molecular weight excluding hydrogens is 268 g/mol. The van der Waals surface area contributed by atoms with Crippen molar-refractivity contribution in [2.75, 3.05) is 6.54 Å². The Kier molecular flexibility index (Phi) is 3.75. The number of carbonyl (C=O) groups is 1. The molecule has 1 fully saturated rings. The number of hydrogen-bond donors (Lipinski definition) is 2. The Morgan fingerprint density at radius 1 is 1.38 bits per heavy atom. The van der Waals surface area contributed by atoms with Gasteiger partial charge in [0.25, 0.3) is 5.91 Å². The highest BCUT2D eigenvalue weighted by Crippen LogP contribution is 2.13. The van der Waals surface area contributed by atoms with E-state index >= 15 is 0 Å². The van der Waals surface area contributed by atoms with Crippen LogP contribution < -0.4 is 16.1 Å². The molecule has 5 nitrogen and oxygen atoms in total. The summed E-state index contributed by atoms with van der Waals surface area (Å²) in [6.07, 6.45) is 1.76. The highest BCUT2D eigenvalue weighted by Gasteiger charge is 2.21. The van der Waals surface area contributed by atoms with E-state index in [-0.39, 0.29) is 23.1 Å². The van der Waals surface area contributed by atoms with Gasteiger partial charge in [-0.3, -0.25) is 9.59 Å². The summed E-state index contributed by atoms with van der Waals surface area (Å²) in [6.45, 7) is 2.97. The Morgan fingerprint density at radius 3 is 3.00 bits per heavy atom. The van der Waals surface area contributed by atoms with Crippen molar-refractivity contribution in [2.24, 2.45) is 0 Å². The average molecular weight is 286 g/mol. The van der Waals surface area contributed by atoms with Gasteiger partial charge in [-0.2, -0.15) is 0 Å². The fourth-order valence-corrected chi connectivity index (χ4v) is 2.74. The van der Waals surface area contributed by atoms with Crippen molar-refractivity contribution in [3.63, 3.8) is 0 Å². The van der Waals surface area contributed by atoms with Crippen LogP contribution in [-0.2, 0) is 0 Å². The minimum absolute atomic E-state index is 0.0740. The van der Waals surface area contributed by atoms with Crippen LogP contribution >= 0.6 is 0 Å². The maximum atomic E-state index is 12.3. The second kappa shape index (κ2) is 5.69. The molecule has 1 aromatic carbocycles. The molecular formula is C16H18N2O3. The van der Waals surface area contributed by atoms with Gasteiger partial charge < -0.3 is 15.1 Å². The summed E-state index contributed by atoms with van der Waals surface area (Å²) in [7, 11) is 0.